The Hall–Kier alpha value is -0.940. The Balaban J connectivity index is 1.95. The molecule has 0 bridgehead atoms. The standard InChI is InChI=1S/C18H25NS/c1-14(2)10-11-20-18-12-16(8-9-17(18)13-19)15-6-4-3-5-7-15/h3-7,14,16-18H,8-12H2,1-2H3. The topological polar surface area (TPSA) is 23.8 Å². The molecule has 0 aromatic heterocycles. The Kier molecular flexibility index (Phi) is 5.98. The van der Waals surface area contributed by atoms with Crippen molar-refractivity contribution in [3.63, 3.8) is 0 Å². The number of nitrogens with zero attached hydrogens (tertiary/aromatic N) is 1. The molecule has 1 fully saturated rings. The van der Waals surface area contributed by atoms with E-state index >= 15 is 0 Å². The highest BCUT2D eigenvalue weighted by molar-refractivity contribution is 7.99. The highest BCUT2D eigenvalue weighted by Gasteiger charge is 2.31. The Morgan fingerprint density at radius 2 is 2.00 bits per heavy atom. The van der Waals surface area contributed by atoms with Crippen LogP contribution in [0.1, 0.15) is 51.0 Å². The maximum Gasteiger partial charge on any atom is 0.0667 e. The van der Waals surface area contributed by atoms with Gasteiger partial charge in [0.05, 0.1) is 12.0 Å². The lowest BCUT2D eigenvalue weighted by Gasteiger charge is -2.32. The van der Waals surface area contributed by atoms with Gasteiger partial charge in [-0.3, -0.25) is 0 Å². The highest BCUT2D eigenvalue weighted by Crippen LogP contribution is 2.41. The van der Waals surface area contributed by atoms with Crippen LogP contribution in [-0.2, 0) is 0 Å². The predicted molar refractivity (Wildman–Crippen MR) is 87.8 cm³/mol. The van der Waals surface area contributed by atoms with Gasteiger partial charge in [0.1, 0.15) is 0 Å². The van der Waals surface area contributed by atoms with Crippen LogP contribution >= 0.6 is 11.8 Å². The summed E-state index contributed by atoms with van der Waals surface area (Å²) in [7, 11) is 0. The van der Waals surface area contributed by atoms with Crippen LogP contribution in [-0.4, -0.2) is 11.0 Å². The molecule has 0 heterocycles. The molecule has 1 aliphatic rings. The molecule has 1 nitrogen and oxygen atoms in total. The van der Waals surface area contributed by atoms with Gasteiger partial charge in [0.15, 0.2) is 0 Å². The Labute approximate surface area is 127 Å². The normalized spacial score (nSPS) is 26.4. The molecule has 0 radical (unpaired) electrons. The third kappa shape index (κ3) is 4.28. The fraction of sp³-hybridized carbons (Fsp3) is 0.611. The van der Waals surface area contributed by atoms with E-state index in [9.17, 15) is 5.26 Å². The number of benzene rings is 1. The molecule has 1 aromatic carbocycles. The van der Waals surface area contributed by atoms with Crippen molar-refractivity contribution in [1.82, 2.24) is 0 Å². The van der Waals surface area contributed by atoms with Gasteiger partial charge in [0, 0.05) is 5.25 Å². The van der Waals surface area contributed by atoms with Crippen LogP contribution in [0.4, 0.5) is 0 Å². The maximum absolute atomic E-state index is 9.36. The summed E-state index contributed by atoms with van der Waals surface area (Å²) in [5, 5.41) is 9.89. The summed E-state index contributed by atoms with van der Waals surface area (Å²) in [5.74, 6) is 2.86. The first-order chi connectivity index (χ1) is 9.70. The van der Waals surface area contributed by atoms with Gasteiger partial charge in [-0.1, -0.05) is 44.2 Å². The number of hydrogen-bond donors (Lipinski definition) is 0. The number of thioether (sulfide) groups is 1. The number of nitriles is 1. The van der Waals surface area contributed by atoms with Crippen LogP contribution in [0.3, 0.4) is 0 Å². The molecule has 1 saturated carbocycles. The summed E-state index contributed by atoms with van der Waals surface area (Å²) in [5.41, 5.74) is 1.46. The molecule has 2 heteroatoms. The summed E-state index contributed by atoms with van der Waals surface area (Å²) < 4.78 is 0. The van der Waals surface area contributed by atoms with Crippen molar-refractivity contribution < 1.29 is 0 Å². The first kappa shape index (κ1) is 15.4. The molecule has 0 spiro atoms. The monoisotopic (exact) mass is 287 g/mol. The van der Waals surface area contributed by atoms with Gasteiger partial charge < -0.3 is 0 Å². The van der Waals surface area contributed by atoms with E-state index in [-0.39, 0.29) is 5.92 Å². The van der Waals surface area contributed by atoms with E-state index in [1.165, 1.54) is 30.6 Å². The van der Waals surface area contributed by atoms with Gasteiger partial charge in [-0.2, -0.15) is 17.0 Å². The average molecular weight is 287 g/mol. The van der Waals surface area contributed by atoms with Crippen molar-refractivity contribution in [3.05, 3.63) is 35.9 Å². The fourth-order valence-corrected chi connectivity index (χ4v) is 4.65. The minimum Gasteiger partial charge on any atom is -0.198 e. The van der Waals surface area contributed by atoms with Crippen molar-refractivity contribution in [3.8, 4) is 6.07 Å². The van der Waals surface area contributed by atoms with Gasteiger partial charge >= 0.3 is 0 Å². The van der Waals surface area contributed by atoms with Crippen molar-refractivity contribution in [2.75, 3.05) is 5.75 Å². The smallest absolute Gasteiger partial charge is 0.0667 e. The molecule has 0 amide bonds. The Morgan fingerprint density at radius 1 is 1.25 bits per heavy atom. The zero-order valence-electron chi connectivity index (χ0n) is 12.6. The minimum atomic E-state index is 0.257. The summed E-state index contributed by atoms with van der Waals surface area (Å²) in [6, 6.07) is 13.4. The molecule has 0 saturated heterocycles. The van der Waals surface area contributed by atoms with Gasteiger partial charge in [0.25, 0.3) is 0 Å². The van der Waals surface area contributed by atoms with Crippen molar-refractivity contribution in [2.24, 2.45) is 11.8 Å². The molecule has 0 aliphatic heterocycles. The lowest BCUT2D eigenvalue weighted by atomic mass is 9.79. The Bertz CT molecular complexity index is 434. The first-order valence-electron chi connectivity index (χ1n) is 7.77. The first-order valence-corrected chi connectivity index (χ1v) is 8.81. The molecular formula is C18H25NS. The van der Waals surface area contributed by atoms with Crippen LogP contribution in [0.25, 0.3) is 0 Å². The fourth-order valence-electron chi connectivity index (χ4n) is 2.94. The van der Waals surface area contributed by atoms with E-state index in [1.807, 2.05) is 11.8 Å². The third-order valence-electron chi connectivity index (χ3n) is 4.26. The lowest BCUT2D eigenvalue weighted by Crippen LogP contribution is -2.25. The predicted octanol–water partition coefficient (Wildman–Crippen LogP) is 5.24. The Morgan fingerprint density at radius 3 is 2.65 bits per heavy atom. The third-order valence-corrected chi connectivity index (χ3v) is 5.68. The van der Waals surface area contributed by atoms with Crippen molar-refractivity contribution in [1.29, 1.82) is 5.26 Å². The van der Waals surface area contributed by atoms with E-state index in [0.29, 0.717) is 11.2 Å². The quantitative estimate of drug-likeness (QED) is 0.739. The highest BCUT2D eigenvalue weighted by atomic mass is 32.2. The zero-order chi connectivity index (χ0) is 14.4. The summed E-state index contributed by atoms with van der Waals surface area (Å²) >= 11 is 2.03. The molecule has 1 aliphatic carbocycles. The van der Waals surface area contributed by atoms with E-state index in [1.54, 1.807) is 0 Å². The molecule has 2 rings (SSSR count). The molecule has 1 aromatic rings. The van der Waals surface area contributed by atoms with Gasteiger partial charge in [0.2, 0.25) is 0 Å². The van der Waals surface area contributed by atoms with Crippen LogP contribution in [0.2, 0.25) is 0 Å². The van der Waals surface area contributed by atoms with Crippen molar-refractivity contribution in [2.45, 2.75) is 50.7 Å². The summed E-state index contributed by atoms with van der Waals surface area (Å²) in [4.78, 5) is 0. The van der Waals surface area contributed by atoms with E-state index < -0.39 is 0 Å². The number of rotatable bonds is 5. The minimum absolute atomic E-state index is 0.257. The van der Waals surface area contributed by atoms with Crippen LogP contribution < -0.4 is 0 Å². The summed E-state index contributed by atoms with van der Waals surface area (Å²) in [6.45, 7) is 4.55. The zero-order valence-corrected chi connectivity index (χ0v) is 13.4. The van der Waals surface area contributed by atoms with Crippen LogP contribution in [0, 0.1) is 23.2 Å². The molecule has 108 valence electrons. The van der Waals surface area contributed by atoms with Crippen molar-refractivity contribution >= 4 is 11.8 Å². The second-order valence-electron chi connectivity index (χ2n) is 6.25. The maximum atomic E-state index is 9.36. The van der Waals surface area contributed by atoms with Crippen LogP contribution in [0.5, 0.6) is 0 Å². The van der Waals surface area contributed by atoms with E-state index in [0.717, 1.165) is 12.3 Å². The molecule has 20 heavy (non-hydrogen) atoms. The largest absolute Gasteiger partial charge is 0.198 e. The lowest BCUT2D eigenvalue weighted by molar-refractivity contribution is 0.393. The second kappa shape index (κ2) is 7.74. The molecule has 3 unspecified atom stereocenters. The van der Waals surface area contributed by atoms with E-state index in [2.05, 4.69) is 50.2 Å². The molecule has 0 N–H and O–H groups in total. The SMILES string of the molecule is CC(C)CCSC1CC(c2ccccc2)CCC1C#N. The average Bonchev–Trinajstić information content (AvgIpc) is 2.47. The second-order valence-corrected chi connectivity index (χ2v) is 7.60. The molecular weight excluding hydrogens is 262 g/mol. The van der Waals surface area contributed by atoms with Gasteiger partial charge in [-0.15, -0.1) is 0 Å². The van der Waals surface area contributed by atoms with Gasteiger partial charge in [-0.05, 0) is 48.8 Å². The van der Waals surface area contributed by atoms with Crippen LogP contribution in [0.15, 0.2) is 30.3 Å². The van der Waals surface area contributed by atoms with E-state index in [4.69, 9.17) is 0 Å². The summed E-state index contributed by atoms with van der Waals surface area (Å²) in [6.07, 6.45) is 4.67. The number of hydrogen-bond acceptors (Lipinski definition) is 2. The molecule has 3 atom stereocenters. The van der Waals surface area contributed by atoms with Gasteiger partial charge in [-0.25, -0.2) is 0 Å².